The fourth-order valence-electron chi connectivity index (χ4n) is 2.73. The summed E-state index contributed by atoms with van der Waals surface area (Å²) in [5.74, 6) is 6.83. The Kier molecular flexibility index (Phi) is 3.61. The van der Waals surface area contributed by atoms with E-state index in [1.54, 1.807) is 6.07 Å². The molecule has 1 nitrogen and oxygen atoms in total. The van der Waals surface area contributed by atoms with Crippen LogP contribution >= 0.6 is 0 Å². The molecule has 0 radical (unpaired) electrons. The van der Waals surface area contributed by atoms with Gasteiger partial charge >= 0.3 is 0 Å². The van der Waals surface area contributed by atoms with E-state index in [4.69, 9.17) is 0 Å². The monoisotopic (exact) mass is 286 g/mol. The number of rotatable bonds is 1. The van der Waals surface area contributed by atoms with Crippen molar-refractivity contribution in [2.75, 3.05) is 0 Å². The van der Waals surface area contributed by atoms with Crippen LogP contribution in [0.5, 0.6) is 5.75 Å². The standard InChI is InChI=1S/C21H18O/c1-21(2,15-14-16-8-4-3-5-9-16)20-18-11-7-6-10-17(18)12-13-19(20)22/h3-13,22H,1-2H3. The van der Waals surface area contributed by atoms with Gasteiger partial charge in [-0.3, -0.25) is 0 Å². The van der Waals surface area contributed by atoms with Crippen molar-refractivity contribution in [1.82, 2.24) is 0 Å². The number of benzene rings is 3. The van der Waals surface area contributed by atoms with Gasteiger partial charge in [0.2, 0.25) is 0 Å². The SMILES string of the molecule is CC(C)(C#Cc1ccccc1)c1c(O)ccc2ccccc12. The molecule has 0 saturated carbocycles. The summed E-state index contributed by atoms with van der Waals surface area (Å²) in [7, 11) is 0. The number of phenolic OH excluding ortho intramolecular Hbond substituents is 1. The van der Waals surface area contributed by atoms with Gasteiger partial charge in [-0.2, -0.15) is 0 Å². The lowest BCUT2D eigenvalue weighted by Gasteiger charge is -2.22. The van der Waals surface area contributed by atoms with E-state index >= 15 is 0 Å². The van der Waals surface area contributed by atoms with Crippen LogP contribution in [0.2, 0.25) is 0 Å². The maximum atomic E-state index is 10.4. The van der Waals surface area contributed by atoms with Gasteiger partial charge in [0.15, 0.2) is 0 Å². The Morgan fingerprint density at radius 1 is 0.818 bits per heavy atom. The second-order valence-corrected chi connectivity index (χ2v) is 5.92. The average Bonchev–Trinajstić information content (AvgIpc) is 2.53. The molecule has 1 N–H and O–H groups in total. The Hall–Kier alpha value is -2.72. The highest BCUT2D eigenvalue weighted by atomic mass is 16.3. The summed E-state index contributed by atoms with van der Waals surface area (Å²) in [6.45, 7) is 4.09. The van der Waals surface area contributed by atoms with Crippen LogP contribution in [0, 0.1) is 11.8 Å². The quantitative estimate of drug-likeness (QED) is 0.632. The minimum atomic E-state index is -0.444. The molecule has 0 saturated heterocycles. The zero-order valence-electron chi connectivity index (χ0n) is 12.8. The molecule has 0 aliphatic rings. The van der Waals surface area contributed by atoms with Gasteiger partial charge in [-0.05, 0) is 42.8 Å². The molecule has 108 valence electrons. The molecule has 0 aliphatic carbocycles. The molecule has 0 aliphatic heterocycles. The maximum Gasteiger partial charge on any atom is 0.120 e. The lowest BCUT2D eigenvalue weighted by atomic mass is 9.81. The second kappa shape index (κ2) is 5.58. The zero-order valence-corrected chi connectivity index (χ0v) is 12.8. The van der Waals surface area contributed by atoms with Crippen molar-refractivity contribution in [2.45, 2.75) is 19.3 Å². The Labute approximate surface area is 131 Å². The first-order valence-corrected chi connectivity index (χ1v) is 7.37. The van der Waals surface area contributed by atoms with Gasteiger partial charge in [-0.15, -0.1) is 0 Å². The largest absolute Gasteiger partial charge is 0.508 e. The lowest BCUT2D eigenvalue weighted by Crippen LogP contribution is -2.15. The Balaban J connectivity index is 2.14. The van der Waals surface area contributed by atoms with E-state index in [0.29, 0.717) is 5.75 Å². The van der Waals surface area contributed by atoms with Gasteiger partial charge in [0.1, 0.15) is 5.75 Å². The molecule has 0 aromatic heterocycles. The van der Waals surface area contributed by atoms with Crippen molar-refractivity contribution in [2.24, 2.45) is 0 Å². The second-order valence-electron chi connectivity index (χ2n) is 5.92. The molecule has 3 aromatic carbocycles. The molecular weight excluding hydrogens is 268 g/mol. The molecule has 0 unspecified atom stereocenters. The number of fused-ring (bicyclic) bond motifs is 1. The maximum absolute atomic E-state index is 10.4. The molecule has 0 fully saturated rings. The Morgan fingerprint density at radius 2 is 1.50 bits per heavy atom. The first kappa shape index (κ1) is 14.2. The minimum absolute atomic E-state index is 0.297. The zero-order chi connectivity index (χ0) is 15.6. The van der Waals surface area contributed by atoms with Crippen LogP contribution in [-0.4, -0.2) is 5.11 Å². The van der Waals surface area contributed by atoms with Crippen LogP contribution in [0.1, 0.15) is 25.0 Å². The summed E-state index contributed by atoms with van der Waals surface area (Å²) in [4.78, 5) is 0. The van der Waals surface area contributed by atoms with Gasteiger partial charge in [0.25, 0.3) is 0 Å². The van der Waals surface area contributed by atoms with Crippen molar-refractivity contribution in [3.63, 3.8) is 0 Å². The Morgan fingerprint density at radius 3 is 2.27 bits per heavy atom. The lowest BCUT2D eigenvalue weighted by molar-refractivity contribution is 0.459. The van der Waals surface area contributed by atoms with Crippen molar-refractivity contribution < 1.29 is 5.11 Å². The summed E-state index contributed by atoms with van der Waals surface area (Å²) in [6, 6.07) is 21.7. The highest BCUT2D eigenvalue weighted by molar-refractivity contribution is 5.89. The van der Waals surface area contributed by atoms with Crippen LogP contribution < -0.4 is 0 Å². The van der Waals surface area contributed by atoms with Crippen LogP contribution in [0.3, 0.4) is 0 Å². The molecule has 3 aromatic rings. The van der Waals surface area contributed by atoms with Crippen molar-refractivity contribution >= 4 is 10.8 Å². The van der Waals surface area contributed by atoms with Gasteiger partial charge in [-0.25, -0.2) is 0 Å². The van der Waals surface area contributed by atoms with E-state index in [9.17, 15) is 5.11 Å². The number of phenols is 1. The summed E-state index contributed by atoms with van der Waals surface area (Å²) in [6.07, 6.45) is 0. The van der Waals surface area contributed by atoms with E-state index in [-0.39, 0.29) is 0 Å². The minimum Gasteiger partial charge on any atom is -0.508 e. The average molecular weight is 286 g/mol. The van der Waals surface area contributed by atoms with Crippen LogP contribution in [0.25, 0.3) is 10.8 Å². The number of hydrogen-bond donors (Lipinski definition) is 1. The topological polar surface area (TPSA) is 20.2 Å². The molecule has 0 atom stereocenters. The molecule has 22 heavy (non-hydrogen) atoms. The molecule has 1 heteroatoms. The number of hydrogen-bond acceptors (Lipinski definition) is 1. The third kappa shape index (κ3) is 2.69. The van der Waals surface area contributed by atoms with E-state index in [2.05, 4.69) is 17.9 Å². The van der Waals surface area contributed by atoms with Gasteiger partial charge in [0.05, 0.1) is 5.41 Å². The normalized spacial score (nSPS) is 11.0. The van der Waals surface area contributed by atoms with E-state index in [0.717, 1.165) is 21.9 Å². The highest BCUT2D eigenvalue weighted by Gasteiger charge is 2.24. The van der Waals surface area contributed by atoms with Gasteiger partial charge in [0, 0.05) is 11.1 Å². The molecular formula is C21H18O. The van der Waals surface area contributed by atoms with E-state index in [1.807, 2.05) is 68.4 Å². The predicted octanol–water partition coefficient (Wildman–Crippen LogP) is 4.87. The fourth-order valence-corrected chi connectivity index (χ4v) is 2.73. The summed E-state index contributed by atoms with van der Waals surface area (Å²) in [5, 5.41) is 12.5. The summed E-state index contributed by atoms with van der Waals surface area (Å²) >= 11 is 0. The van der Waals surface area contributed by atoms with Crippen LogP contribution in [-0.2, 0) is 5.41 Å². The fraction of sp³-hybridized carbons (Fsp3) is 0.143. The summed E-state index contributed by atoms with van der Waals surface area (Å²) < 4.78 is 0. The third-order valence-corrected chi connectivity index (χ3v) is 3.83. The van der Waals surface area contributed by atoms with Gasteiger partial charge < -0.3 is 5.11 Å². The third-order valence-electron chi connectivity index (χ3n) is 3.83. The Bertz CT molecular complexity index is 865. The first-order chi connectivity index (χ1) is 10.6. The highest BCUT2D eigenvalue weighted by Crippen LogP contribution is 2.36. The number of aromatic hydroxyl groups is 1. The van der Waals surface area contributed by atoms with Crippen LogP contribution in [0.4, 0.5) is 0 Å². The first-order valence-electron chi connectivity index (χ1n) is 7.37. The molecule has 0 bridgehead atoms. The van der Waals surface area contributed by atoms with Crippen molar-refractivity contribution in [3.05, 3.63) is 77.9 Å². The molecule has 3 rings (SSSR count). The van der Waals surface area contributed by atoms with Gasteiger partial charge in [-0.1, -0.05) is 60.4 Å². The molecule has 0 spiro atoms. The summed E-state index contributed by atoms with van der Waals surface area (Å²) in [5.41, 5.74) is 1.42. The van der Waals surface area contributed by atoms with E-state index in [1.165, 1.54) is 0 Å². The van der Waals surface area contributed by atoms with Crippen LogP contribution in [0.15, 0.2) is 66.7 Å². The van der Waals surface area contributed by atoms with Crippen molar-refractivity contribution in [1.29, 1.82) is 0 Å². The molecule has 0 heterocycles. The smallest absolute Gasteiger partial charge is 0.120 e. The van der Waals surface area contributed by atoms with E-state index < -0.39 is 5.41 Å². The predicted molar refractivity (Wildman–Crippen MR) is 92.0 cm³/mol. The van der Waals surface area contributed by atoms with Crippen molar-refractivity contribution in [3.8, 4) is 17.6 Å². The molecule has 0 amide bonds.